The molecule has 5 heteroatoms. The second-order valence-corrected chi connectivity index (χ2v) is 3.95. The Morgan fingerprint density at radius 2 is 2.07 bits per heavy atom. The van der Waals surface area contributed by atoms with Gasteiger partial charge in [-0.2, -0.15) is 5.10 Å². The molecule has 0 aliphatic carbocycles. The molecule has 1 aromatic rings. The number of hydrogen-bond acceptors (Lipinski definition) is 3. The van der Waals surface area contributed by atoms with E-state index < -0.39 is 0 Å². The average Bonchev–Trinajstić information content (AvgIpc) is 2.47. The highest BCUT2D eigenvalue weighted by Crippen LogP contribution is 2.17. The number of anilines is 1. The van der Waals surface area contributed by atoms with Gasteiger partial charge in [0, 0.05) is 6.04 Å². The molecule has 5 nitrogen and oxygen atoms in total. The number of H-pyrrole nitrogens is 1. The van der Waals surface area contributed by atoms with Crippen LogP contribution in [0.2, 0.25) is 0 Å². The molecule has 0 aliphatic heterocycles. The normalized spacial score (nSPS) is 14.7. The summed E-state index contributed by atoms with van der Waals surface area (Å²) in [6, 6.07) is -0.155. The van der Waals surface area contributed by atoms with Gasteiger partial charge >= 0.3 is 0 Å². The Balaban J connectivity index is 2.75. The lowest BCUT2D eigenvalue weighted by Crippen LogP contribution is -2.34. The Morgan fingerprint density at radius 1 is 1.47 bits per heavy atom. The van der Waals surface area contributed by atoms with Crippen molar-refractivity contribution in [2.45, 2.75) is 33.7 Å². The van der Waals surface area contributed by atoms with Crippen molar-refractivity contribution < 1.29 is 4.79 Å². The Labute approximate surface area is 89.4 Å². The SMILES string of the molecule is Cc1n[nH]c(C)c1NC(=O)C(C)C(C)N. The lowest BCUT2D eigenvalue weighted by Gasteiger charge is -2.15. The summed E-state index contributed by atoms with van der Waals surface area (Å²) in [5, 5.41) is 9.64. The van der Waals surface area contributed by atoms with Crippen molar-refractivity contribution >= 4 is 11.6 Å². The zero-order chi connectivity index (χ0) is 11.6. The first-order chi connectivity index (χ1) is 6.93. The van der Waals surface area contributed by atoms with Crippen LogP contribution < -0.4 is 11.1 Å². The second kappa shape index (κ2) is 4.44. The number of carbonyl (C=O) groups is 1. The lowest BCUT2D eigenvalue weighted by molar-refractivity contribution is -0.119. The molecule has 4 N–H and O–H groups in total. The summed E-state index contributed by atoms with van der Waals surface area (Å²) >= 11 is 0. The van der Waals surface area contributed by atoms with Crippen LogP contribution in [0.15, 0.2) is 0 Å². The Kier molecular flexibility index (Phi) is 3.47. The number of rotatable bonds is 3. The van der Waals surface area contributed by atoms with Crippen LogP contribution in [0, 0.1) is 19.8 Å². The monoisotopic (exact) mass is 210 g/mol. The van der Waals surface area contributed by atoms with Crippen LogP contribution in [0.25, 0.3) is 0 Å². The molecule has 1 rings (SSSR count). The van der Waals surface area contributed by atoms with Crippen LogP contribution in [0.5, 0.6) is 0 Å². The Bertz CT molecular complexity index is 337. The number of aromatic amines is 1. The Morgan fingerprint density at radius 3 is 2.47 bits per heavy atom. The third-order valence-corrected chi connectivity index (χ3v) is 2.58. The first-order valence-corrected chi connectivity index (χ1v) is 5.01. The Hall–Kier alpha value is -1.36. The summed E-state index contributed by atoms with van der Waals surface area (Å²) in [5.41, 5.74) is 8.06. The number of nitrogens with two attached hydrogens (primary N) is 1. The zero-order valence-corrected chi connectivity index (χ0v) is 9.59. The van der Waals surface area contributed by atoms with Gasteiger partial charge in [0.1, 0.15) is 0 Å². The molecule has 0 spiro atoms. The fourth-order valence-electron chi connectivity index (χ4n) is 1.21. The molecule has 1 heterocycles. The average molecular weight is 210 g/mol. The summed E-state index contributed by atoms with van der Waals surface area (Å²) < 4.78 is 0. The number of nitrogens with one attached hydrogen (secondary N) is 2. The molecule has 0 saturated carbocycles. The number of carbonyl (C=O) groups excluding carboxylic acids is 1. The van der Waals surface area contributed by atoms with E-state index in [9.17, 15) is 4.79 Å². The van der Waals surface area contributed by atoms with Crippen LogP contribution in [0.3, 0.4) is 0 Å². The van der Waals surface area contributed by atoms with Crippen LogP contribution in [0.1, 0.15) is 25.2 Å². The molecule has 0 aliphatic rings. The first kappa shape index (κ1) is 11.7. The van der Waals surface area contributed by atoms with Crippen molar-refractivity contribution in [3.8, 4) is 0 Å². The maximum atomic E-state index is 11.7. The van der Waals surface area contributed by atoms with E-state index in [-0.39, 0.29) is 17.9 Å². The highest BCUT2D eigenvalue weighted by Gasteiger charge is 2.19. The fourth-order valence-corrected chi connectivity index (χ4v) is 1.21. The van der Waals surface area contributed by atoms with Gasteiger partial charge in [-0.3, -0.25) is 9.89 Å². The number of aromatic nitrogens is 2. The standard InChI is InChI=1S/C10H18N4O/c1-5(6(2)11)10(15)12-9-7(3)13-14-8(9)4/h5-6H,11H2,1-4H3,(H,12,15)(H,13,14). The van der Waals surface area contributed by atoms with Gasteiger partial charge < -0.3 is 11.1 Å². The summed E-state index contributed by atoms with van der Waals surface area (Å²) in [4.78, 5) is 11.7. The van der Waals surface area contributed by atoms with Crippen LogP contribution in [0.4, 0.5) is 5.69 Å². The van der Waals surface area contributed by atoms with Crippen molar-refractivity contribution in [2.75, 3.05) is 5.32 Å². The fraction of sp³-hybridized carbons (Fsp3) is 0.600. The van der Waals surface area contributed by atoms with Gasteiger partial charge in [0.2, 0.25) is 5.91 Å². The minimum Gasteiger partial charge on any atom is -0.327 e. The molecular formula is C10H18N4O. The summed E-state index contributed by atoms with van der Waals surface area (Å²) in [6.07, 6.45) is 0. The molecule has 0 fully saturated rings. The summed E-state index contributed by atoms with van der Waals surface area (Å²) in [7, 11) is 0. The molecule has 0 saturated heterocycles. The van der Waals surface area contributed by atoms with E-state index in [1.54, 1.807) is 0 Å². The minimum absolute atomic E-state index is 0.0717. The van der Waals surface area contributed by atoms with E-state index >= 15 is 0 Å². The molecule has 84 valence electrons. The van der Waals surface area contributed by atoms with E-state index in [1.807, 2.05) is 27.7 Å². The van der Waals surface area contributed by atoms with Gasteiger partial charge in [-0.25, -0.2) is 0 Å². The smallest absolute Gasteiger partial charge is 0.228 e. The van der Waals surface area contributed by atoms with E-state index in [2.05, 4.69) is 15.5 Å². The first-order valence-electron chi connectivity index (χ1n) is 5.01. The van der Waals surface area contributed by atoms with Crippen molar-refractivity contribution in [1.82, 2.24) is 10.2 Å². The molecule has 2 atom stereocenters. The summed E-state index contributed by atoms with van der Waals surface area (Å²) in [5.74, 6) is -0.281. The van der Waals surface area contributed by atoms with E-state index in [0.717, 1.165) is 17.1 Å². The highest BCUT2D eigenvalue weighted by molar-refractivity contribution is 5.93. The number of aryl methyl sites for hydroxylation is 2. The van der Waals surface area contributed by atoms with Crippen molar-refractivity contribution in [2.24, 2.45) is 11.7 Å². The number of nitrogens with zero attached hydrogens (tertiary/aromatic N) is 1. The van der Waals surface area contributed by atoms with Crippen LogP contribution in [-0.2, 0) is 4.79 Å². The molecule has 0 bridgehead atoms. The molecule has 15 heavy (non-hydrogen) atoms. The maximum absolute atomic E-state index is 11.7. The van der Waals surface area contributed by atoms with Crippen molar-refractivity contribution in [3.63, 3.8) is 0 Å². The minimum atomic E-state index is -0.210. The lowest BCUT2D eigenvalue weighted by atomic mass is 10.0. The molecule has 2 unspecified atom stereocenters. The third kappa shape index (κ3) is 2.56. The van der Waals surface area contributed by atoms with Gasteiger partial charge in [-0.15, -0.1) is 0 Å². The topological polar surface area (TPSA) is 83.8 Å². The van der Waals surface area contributed by atoms with Gasteiger partial charge in [-0.1, -0.05) is 6.92 Å². The van der Waals surface area contributed by atoms with Crippen LogP contribution in [-0.4, -0.2) is 22.1 Å². The molecule has 0 radical (unpaired) electrons. The van der Waals surface area contributed by atoms with Crippen LogP contribution >= 0.6 is 0 Å². The van der Waals surface area contributed by atoms with Gasteiger partial charge in [0.25, 0.3) is 0 Å². The van der Waals surface area contributed by atoms with E-state index in [0.29, 0.717) is 0 Å². The molecular weight excluding hydrogens is 192 g/mol. The highest BCUT2D eigenvalue weighted by atomic mass is 16.1. The van der Waals surface area contributed by atoms with E-state index in [1.165, 1.54) is 0 Å². The van der Waals surface area contributed by atoms with Gasteiger partial charge in [0.15, 0.2) is 0 Å². The summed E-state index contributed by atoms with van der Waals surface area (Å²) in [6.45, 7) is 7.34. The van der Waals surface area contributed by atoms with Crippen molar-refractivity contribution in [1.29, 1.82) is 0 Å². The maximum Gasteiger partial charge on any atom is 0.228 e. The van der Waals surface area contributed by atoms with E-state index in [4.69, 9.17) is 5.73 Å². The van der Waals surface area contributed by atoms with Gasteiger partial charge in [-0.05, 0) is 20.8 Å². The second-order valence-electron chi connectivity index (χ2n) is 3.95. The molecule has 1 amide bonds. The third-order valence-electron chi connectivity index (χ3n) is 2.58. The quantitative estimate of drug-likeness (QED) is 0.694. The largest absolute Gasteiger partial charge is 0.327 e. The van der Waals surface area contributed by atoms with Gasteiger partial charge in [0.05, 0.1) is 23.0 Å². The van der Waals surface area contributed by atoms with Crippen molar-refractivity contribution in [3.05, 3.63) is 11.4 Å². The number of amides is 1. The molecule has 0 aromatic carbocycles. The predicted octanol–water partition coefficient (Wildman–Crippen LogP) is 0.948. The zero-order valence-electron chi connectivity index (χ0n) is 9.59. The number of hydrogen-bond donors (Lipinski definition) is 3. The molecule has 1 aromatic heterocycles. The predicted molar refractivity (Wildman–Crippen MR) is 59.5 cm³/mol.